The van der Waals surface area contributed by atoms with E-state index in [1.54, 1.807) is 12.1 Å². The molecule has 0 aliphatic heterocycles. The van der Waals surface area contributed by atoms with E-state index in [2.05, 4.69) is 15.9 Å². The van der Waals surface area contributed by atoms with E-state index < -0.39 is 0 Å². The van der Waals surface area contributed by atoms with E-state index in [4.69, 9.17) is 4.42 Å². The molecule has 0 saturated heterocycles. The lowest BCUT2D eigenvalue weighted by molar-refractivity contribution is -0.431. The smallest absolute Gasteiger partial charge is 0.277 e. The van der Waals surface area contributed by atoms with E-state index in [0.717, 1.165) is 6.42 Å². The molecule has 1 heterocycles. The molecule has 0 radical (unpaired) electrons. The molecule has 23 heavy (non-hydrogen) atoms. The van der Waals surface area contributed by atoms with Crippen LogP contribution in [0.5, 0.6) is 0 Å². The second kappa shape index (κ2) is 7.39. The summed E-state index contributed by atoms with van der Waals surface area (Å²) in [4.78, 5) is 0. The van der Waals surface area contributed by atoms with Gasteiger partial charge in [0.05, 0.1) is 0 Å². The topological polar surface area (TPSA) is 66.6 Å². The van der Waals surface area contributed by atoms with Gasteiger partial charge in [0.1, 0.15) is 5.82 Å². The Balaban J connectivity index is 1.60. The Kier molecular flexibility index (Phi) is 5.05. The number of aromatic nitrogens is 2. The van der Waals surface area contributed by atoms with Crippen LogP contribution in [0.1, 0.15) is 23.1 Å². The van der Waals surface area contributed by atoms with Crippen LogP contribution in [0.3, 0.4) is 0 Å². The number of rotatable bonds is 6. The van der Waals surface area contributed by atoms with Gasteiger partial charge in [0.2, 0.25) is 0 Å². The van der Waals surface area contributed by atoms with E-state index >= 15 is 0 Å². The van der Waals surface area contributed by atoms with Crippen molar-refractivity contribution in [2.45, 2.75) is 23.4 Å². The van der Waals surface area contributed by atoms with Crippen molar-refractivity contribution in [2.75, 3.05) is 0 Å². The van der Waals surface area contributed by atoms with Gasteiger partial charge in [-0.25, -0.2) is 4.39 Å². The quantitative estimate of drug-likeness (QED) is 0.706. The first kappa shape index (κ1) is 15.7. The Labute approximate surface area is 137 Å². The van der Waals surface area contributed by atoms with Crippen LogP contribution in [-0.4, -0.2) is 10.2 Å². The Hall–Kier alpha value is -2.18. The first-order valence-corrected chi connectivity index (χ1v) is 8.27. The minimum Gasteiger partial charge on any atom is -0.410 e. The van der Waals surface area contributed by atoms with Gasteiger partial charge in [0.25, 0.3) is 11.1 Å². The molecule has 3 aromatic rings. The summed E-state index contributed by atoms with van der Waals surface area (Å²) in [6, 6.07) is 16.6. The van der Waals surface area contributed by atoms with Crippen LogP contribution in [0.15, 0.2) is 64.2 Å². The third-order valence-electron chi connectivity index (χ3n) is 3.41. The maximum absolute atomic E-state index is 13.6. The fraction of sp³-hybridized carbons (Fsp3) is 0.176. The molecular weight excluding hydrogens is 313 g/mol. The minimum atomic E-state index is -0.223. The van der Waals surface area contributed by atoms with Gasteiger partial charge in [-0.15, -0.1) is 10.2 Å². The predicted molar refractivity (Wildman–Crippen MR) is 86.0 cm³/mol. The highest BCUT2D eigenvalue weighted by Gasteiger charge is 2.18. The van der Waals surface area contributed by atoms with Crippen LogP contribution < -0.4 is 5.73 Å². The summed E-state index contributed by atoms with van der Waals surface area (Å²) in [5.41, 5.74) is 5.87. The third kappa shape index (κ3) is 4.18. The number of halogens is 1. The maximum atomic E-state index is 13.6. The Bertz CT molecular complexity index is 763. The fourth-order valence-electron chi connectivity index (χ4n) is 2.18. The Morgan fingerprint density at radius 3 is 2.57 bits per heavy atom. The summed E-state index contributed by atoms with van der Waals surface area (Å²) >= 11 is 1.32. The van der Waals surface area contributed by atoms with Crippen molar-refractivity contribution in [3.05, 3.63) is 77.4 Å². The number of benzene rings is 2. The van der Waals surface area contributed by atoms with Crippen LogP contribution in [-0.2, 0) is 12.2 Å². The number of nitrogens with zero attached hydrogens (tertiary/aromatic N) is 2. The van der Waals surface area contributed by atoms with E-state index in [9.17, 15) is 4.39 Å². The summed E-state index contributed by atoms with van der Waals surface area (Å²) < 4.78 is 19.2. The molecule has 3 rings (SSSR count). The van der Waals surface area contributed by atoms with E-state index in [1.807, 2.05) is 36.4 Å². The molecule has 0 saturated carbocycles. The van der Waals surface area contributed by atoms with Crippen molar-refractivity contribution in [3.8, 4) is 0 Å². The number of hydrogen-bond acceptors (Lipinski definition) is 4. The van der Waals surface area contributed by atoms with Gasteiger partial charge in [0.15, 0.2) is 6.04 Å². The standard InChI is InChI=1S/C17H16FN3OS/c18-14-9-5-4-8-13(14)11-23-17-21-20-16(22-17)15(19)10-12-6-2-1-3-7-12/h1-9,15H,10-11,19H2/p+1/t15-/m0/s1. The molecule has 0 unspecified atom stereocenters. The van der Waals surface area contributed by atoms with Crippen molar-refractivity contribution in [2.24, 2.45) is 0 Å². The molecule has 4 nitrogen and oxygen atoms in total. The lowest BCUT2D eigenvalue weighted by atomic mass is 10.1. The summed E-state index contributed by atoms with van der Waals surface area (Å²) in [5, 5.41) is 8.50. The van der Waals surface area contributed by atoms with Crippen LogP contribution in [0.4, 0.5) is 4.39 Å². The van der Waals surface area contributed by atoms with Crippen LogP contribution in [0.25, 0.3) is 0 Å². The summed E-state index contributed by atoms with van der Waals surface area (Å²) in [6.07, 6.45) is 0.737. The van der Waals surface area contributed by atoms with Crippen molar-refractivity contribution in [1.29, 1.82) is 0 Å². The zero-order chi connectivity index (χ0) is 16.1. The molecule has 0 aliphatic rings. The van der Waals surface area contributed by atoms with Gasteiger partial charge >= 0.3 is 0 Å². The molecule has 1 aromatic heterocycles. The second-order valence-corrected chi connectivity index (χ2v) is 6.10. The third-order valence-corrected chi connectivity index (χ3v) is 4.27. The molecule has 0 fully saturated rings. The Morgan fingerprint density at radius 2 is 1.78 bits per heavy atom. The van der Waals surface area contributed by atoms with E-state index in [0.29, 0.717) is 22.4 Å². The number of thioether (sulfide) groups is 1. The average Bonchev–Trinajstić information content (AvgIpc) is 3.04. The molecule has 118 valence electrons. The van der Waals surface area contributed by atoms with Gasteiger partial charge in [-0.2, -0.15) is 0 Å². The fourth-order valence-corrected chi connectivity index (χ4v) is 2.94. The molecule has 0 spiro atoms. The minimum absolute atomic E-state index is 0.104. The molecular formula is C17H17FN3OS+. The second-order valence-electron chi connectivity index (χ2n) is 5.17. The van der Waals surface area contributed by atoms with Crippen molar-refractivity contribution in [1.82, 2.24) is 10.2 Å². The highest BCUT2D eigenvalue weighted by Crippen LogP contribution is 2.24. The zero-order valence-electron chi connectivity index (χ0n) is 12.5. The lowest BCUT2D eigenvalue weighted by Crippen LogP contribution is -2.54. The highest BCUT2D eigenvalue weighted by molar-refractivity contribution is 7.98. The highest BCUT2D eigenvalue weighted by atomic mass is 32.2. The van der Waals surface area contributed by atoms with Crippen molar-refractivity contribution >= 4 is 11.8 Å². The Morgan fingerprint density at radius 1 is 1.04 bits per heavy atom. The van der Waals surface area contributed by atoms with Crippen LogP contribution in [0, 0.1) is 5.82 Å². The van der Waals surface area contributed by atoms with Crippen LogP contribution in [0.2, 0.25) is 0 Å². The van der Waals surface area contributed by atoms with Crippen molar-refractivity contribution < 1.29 is 14.5 Å². The summed E-state index contributed by atoms with van der Waals surface area (Å²) in [5.74, 6) is 0.734. The van der Waals surface area contributed by atoms with E-state index in [-0.39, 0.29) is 11.9 Å². The molecule has 6 heteroatoms. The van der Waals surface area contributed by atoms with Gasteiger partial charge in [-0.05, 0) is 17.2 Å². The molecule has 2 aromatic carbocycles. The van der Waals surface area contributed by atoms with Gasteiger partial charge in [-0.1, -0.05) is 60.3 Å². The number of quaternary nitrogens is 1. The monoisotopic (exact) mass is 330 g/mol. The van der Waals surface area contributed by atoms with E-state index in [1.165, 1.54) is 23.4 Å². The van der Waals surface area contributed by atoms with Crippen molar-refractivity contribution in [3.63, 3.8) is 0 Å². The molecule has 0 bridgehead atoms. The molecule has 3 N–H and O–H groups in total. The lowest BCUT2D eigenvalue weighted by Gasteiger charge is -2.03. The normalized spacial score (nSPS) is 12.3. The van der Waals surface area contributed by atoms with Gasteiger partial charge in [0, 0.05) is 12.2 Å². The maximum Gasteiger partial charge on any atom is 0.277 e. The van der Waals surface area contributed by atoms with Gasteiger partial charge < -0.3 is 10.2 Å². The molecule has 0 aliphatic carbocycles. The van der Waals surface area contributed by atoms with Crippen LogP contribution >= 0.6 is 11.8 Å². The first-order chi connectivity index (χ1) is 11.2. The molecule has 0 amide bonds. The predicted octanol–water partition coefficient (Wildman–Crippen LogP) is 3.03. The van der Waals surface area contributed by atoms with Gasteiger partial charge in [-0.3, -0.25) is 0 Å². The summed E-state index contributed by atoms with van der Waals surface area (Å²) in [7, 11) is 0. The number of hydrogen-bond donors (Lipinski definition) is 1. The molecule has 1 atom stereocenters. The average molecular weight is 330 g/mol. The largest absolute Gasteiger partial charge is 0.410 e. The zero-order valence-corrected chi connectivity index (χ0v) is 13.3. The first-order valence-electron chi connectivity index (χ1n) is 7.29. The SMILES string of the molecule is [NH3+][C@@H](Cc1ccccc1)c1nnc(SCc2ccccc2F)o1. The summed E-state index contributed by atoms with van der Waals surface area (Å²) in [6.45, 7) is 0.